The van der Waals surface area contributed by atoms with Gasteiger partial charge in [-0.25, -0.2) is 9.18 Å². The number of benzene rings is 3. The third kappa shape index (κ3) is 3.48. The standard InChI is InChI=1S/C22H13FO4/c23-16-8-4-5-14(11-16)12-20-21(24)18-10-9-17(13-19(18)27-20)26-22(25)15-6-2-1-3-7-15/h1-13H/b20-12+. The summed E-state index contributed by atoms with van der Waals surface area (Å²) in [5.41, 5.74) is 1.29. The molecule has 0 spiro atoms. The van der Waals surface area contributed by atoms with Gasteiger partial charge >= 0.3 is 5.97 Å². The van der Waals surface area contributed by atoms with Crippen molar-refractivity contribution in [3.8, 4) is 11.5 Å². The van der Waals surface area contributed by atoms with Gasteiger partial charge in [0.2, 0.25) is 5.78 Å². The van der Waals surface area contributed by atoms with Gasteiger partial charge in [0.15, 0.2) is 5.76 Å². The van der Waals surface area contributed by atoms with Crippen molar-refractivity contribution >= 4 is 17.8 Å². The number of ketones is 1. The highest BCUT2D eigenvalue weighted by Crippen LogP contribution is 2.35. The molecule has 27 heavy (non-hydrogen) atoms. The van der Waals surface area contributed by atoms with Crippen LogP contribution in [0.15, 0.2) is 78.6 Å². The Morgan fingerprint density at radius 3 is 2.56 bits per heavy atom. The molecule has 4 rings (SSSR count). The maximum Gasteiger partial charge on any atom is 0.343 e. The molecule has 0 aromatic heterocycles. The van der Waals surface area contributed by atoms with Gasteiger partial charge in [-0.15, -0.1) is 0 Å². The number of ether oxygens (including phenoxy) is 2. The van der Waals surface area contributed by atoms with Crippen LogP contribution in [0.1, 0.15) is 26.3 Å². The van der Waals surface area contributed by atoms with Gasteiger partial charge in [-0.1, -0.05) is 30.3 Å². The largest absolute Gasteiger partial charge is 0.452 e. The average molecular weight is 360 g/mol. The van der Waals surface area contributed by atoms with Crippen molar-refractivity contribution in [1.29, 1.82) is 0 Å². The number of carbonyl (C=O) groups is 2. The smallest absolute Gasteiger partial charge is 0.343 e. The van der Waals surface area contributed by atoms with E-state index in [9.17, 15) is 14.0 Å². The van der Waals surface area contributed by atoms with Crippen LogP contribution in [0.5, 0.6) is 11.5 Å². The molecule has 0 atom stereocenters. The quantitative estimate of drug-likeness (QED) is 0.387. The number of Topliss-reactive ketones (excluding diaryl/α,β-unsaturated/α-hetero) is 1. The second-order valence-corrected chi connectivity index (χ2v) is 5.91. The molecule has 0 bridgehead atoms. The van der Waals surface area contributed by atoms with E-state index >= 15 is 0 Å². The topological polar surface area (TPSA) is 52.6 Å². The van der Waals surface area contributed by atoms with Crippen LogP contribution in [0, 0.1) is 5.82 Å². The Morgan fingerprint density at radius 1 is 0.963 bits per heavy atom. The summed E-state index contributed by atoms with van der Waals surface area (Å²) in [7, 11) is 0. The zero-order valence-electron chi connectivity index (χ0n) is 14.0. The van der Waals surface area contributed by atoms with E-state index in [0.717, 1.165) is 0 Å². The summed E-state index contributed by atoms with van der Waals surface area (Å²) in [6.07, 6.45) is 1.47. The molecule has 5 heteroatoms. The Kier molecular flexibility index (Phi) is 4.26. The molecule has 3 aromatic carbocycles. The highest BCUT2D eigenvalue weighted by molar-refractivity contribution is 6.14. The van der Waals surface area contributed by atoms with E-state index < -0.39 is 11.8 Å². The van der Waals surface area contributed by atoms with Crippen LogP contribution in [-0.4, -0.2) is 11.8 Å². The number of allylic oxidation sites excluding steroid dienone is 1. The number of esters is 1. The van der Waals surface area contributed by atoms with E-state index in [0.29, 0.717) is 22.4 Å². The SMILES string of the molecule is O=C(Oc1ccc2c(c1)O/C(=C/c1cccc(F)c1)C2=O)c1ccccc1. The fraction of sp³-hybridized carbons (Fsp3) is 0. The third-order valence-electron chi connectivity index (χ3n) is 4.01. The lowest BCUT2D eigenvalue weighted by molar-refractivity contribution is 0.0734. The molecule has 0 radical (unpaired) electrons. The summed E-state index contributed by atoms with van der Waals surface area (Å²) >= 11 is 0. The molecule has 0 fully saturated rings. The second-order valence-electron chi connectivity index (χ2n) is 5.91. The molecule has 1 aliphatic heterocycles. The number of hydrogen-bond acceptors (Lipinski definition) is 4. The molecule has 0 amide bonds. The highest BCUT2D eigenvalue weighted by atomic mass is 19.1. The molecule has 0 aliphatic carbocycles. The summed E-state index contributed by atoms with van der Waals surface area (Å²) in [5.74, 6) is -0.571. The van der Waals surface area contributed by atoms with Crippen molar-refractivity contribution < 1.29 is 23.5 Å². The first-order chi connectivity index (χ1) is 13.1. The second kappa shape index (κ2) is 6.88. The van der Waals surface area contributed by atoms with Crippen molar-refractivity contribution in [2.75, 3.05) is 0 Å². The Bertz CT molecular complexity index is 1070. The Balaban J connectivity index is 1.57. The minimum Gasteiger partial charge on any atom is -0.452 e. The first-order valence-corrected chi connectivity index (χ1v) is 8.21. The predicted octanol–water partition coefficient (Wildman–Crippen LogP) is 4.66. The Labute approximate surface area is 154 Å². The van der Waals surface area contributed by atoms with Crippen LogP contribution in [0.3, 0.4) is 0 Å². The van der Waals surface area contributed by atoms with Crippen LogP contribution in [0.25, 0.3) is 6.08 Å². The van der Waals surface area contributed by atoms with E-state index in [-0.39, 0.29) is 17.3 Å². The lowest BCUT2D eigenvalue weighted by Crippen LogP contribution is -2.08. The monoisotopic (exact) mass is 360 g/mol. The van der Waals surface area contributed by atoms with Crippen LogP contribution < -0.4 is 9.47 Å². The zero-order chi connectivity index (χ0) is 18.8. The number of fused-ring (bicyclic) bond motifs is 1. The molecule has 1 heterocycles. The first-order valence-electron chi connectivity index (χ1n) is 8.21. The van der Waals surface area contributed by atoms with Crippen molar-refractivity contribution in [2.45, 2.75) is 0 Å². The van der Waals surface area contributed by atoms with Gasteiger partial charge in [0.25, 0.3) is 0 Å². The minimum absolute atomic E-state index is 0.0853. The van der Waals surface area contributed by atoms with E-state index in [4.69, 9.17) is 9.47 Å². The lowest BCUT2D eigenvalue weighted by atomic mass is 10.1. The van der Waals surface area contributed by atoms with Gasteiger partial charge in [0.05, 0.1) is 11.1 Å². The fourth-order valence-electron chi connectivity index (χ4n) is 2.72. The number of hydrogen-bond donors (Lipinski definition) is 0. The molecule has 3 aromatic rings. The summed E-state index contributed by atoms with van der Waals surface area (Å²) in [4.78, 5) is 24.6. The van der Waals surface area contributed by atoms with E-state index in [2.05, 4.69) is 0 Å². The molecule has 0 N–H and O–H groups in total. The minimum atomic E-state index is -0.504. The van der Waals surface area contributed by atoms with Crippen molar-refractivity contribution in [3.63, 3.8) is 0 Å². The summed E-state index contributed by atoms with van der Waals surface area (Å²) in [6.45, 7) is 0. The maximum absolute atomic E-state index is 13.3. The molecule has 0 saturated heterocycles. The van der Waals surface area contributed by atoms with Crippen LogP contribution >= 0.6 is 0 Å². The normalized spacial score (nSPS) is 14.0. The predicted molar refractivity (Wildman–Crippen MR) is 97.2 cm³/mol. The zero-order valence-corrected chi connectivity index (χ0v) is 14.0. The molecule has 132 valence electrons. The van der Waals surface area contributed by atoms with Gasteiger partial charge in [0.1, 0.15) is 17.3 Å². The molecule has 0 saturated carbocycles. The highest BCUT2D eigenvalue weighted by Gasteiger charge is 2.28. The van der Waals surface area contributed by atoms with E-state index in [1.54, 1.807) is 42.5 Å². The summed E-state index contributed by atoms with van der Waals surface area (Å²) < 4.78 is 24.2. The lowest BCUT2D eigenvalue weighted by Gasteiger charge is -2.05. The molecule has 0 unspecified atom stereocenters. The number of rotatable bonds is 3. The van der Waals surface area contributed by atoms with Gasteiger partial charge < -0.3 is 9.47 Å². The van der Waals surface area contributed by atoms with E-state index in [1.165, 1.54) is 36.4 Å². The fourth-order valence-corrected chi connectivity index (χ4v) is 2.72. The van der Waals surface area contributed by atoms with Crippen molar-refractivity contribution in [1.82, 2.24) is 0 Å². The maximum atomic E-state index is 13.3. The first kappa shape index (κ1) is 16.7. The van der Waals surface area contributed by atoms with E-state index in [1.807, 2.05) is 0 Å². The molecular weight excluding hydrogens is 347 g/mol. The Morgan fingerprint density at radius 2 is 1.78 bits per heavy atom. The van der Waals surface area contributed by atoms with Gasteiger partial charge in [-0.05, 0) is 48.0 Å². The molecule has 1 aliphatic rings. The average Bonchev–Trinajstić information content (AvgIpc) is 2.97. The molecular formula is C22H13FO4. The summed E-state index contributed by atoms with van der Waals surface area (Å²) in [5, 5.41) is 0. The number of carbonyl (C=O) groups excluding carboxylic acids is 2. The van der Waals surface area contributed by atoms with Gasteiger partial charge in [0, 0.05) is 6.07 Å². The molecule has 4 nitrogen and oxygen atoms in total. The van der Waals surface area contributed by atoms with Gasteiger partial charge in [-0.2, -0.15) is 0 Å². The van der Waals surface area contributed by atoms with Gasteiger partial charge in [-0.3, -0.25) is 4.79 Å². The number of halogens is 1. The third-order valence-corrected chi connectivity index (χ3v) is 4.01. The van der Waals surface area contributed by atoms with Crippen molar-refractivity contribution in [3.05, 3.63) is 101 Å². The van der Waals surface area contributed by atoms with Crippen molar-refractivity contribution in [2.24, 2.45) is 0 Å². The summed E-state index contributed by atoms with van der Waals surface area (Å²) in [6, 6.07) is 19.0. The van der Waals surface area contributed by atoms with Crippen LogP contribution in [-0.2, 0) is 0 Å². The van der Waals surface area contributed by atoms with Crippen LogP contribution in [0.4, 0.5) is 4.39 Å². The Hall–Kier alpha value is -3.73. The van der Waals surface area contributed by atoms with Crippen LogP contribution in [0.2, 0.25) is 0 Å².